The summed E-state index contributed by atoms with van der Waals surface area (Å²) in [5.41, 5.74) is 5.29. The van der Waals surface area contributed by atoms with Crippen molar-refractivity contribution in [2.75, 3.05) is 0 Å². The molecule has 0 radical (unpaired) electrons. The number of hydrogen-bond acceptors (Lipinski definition) is 3. The van der Waals surface area contributed by atoms with Crippen molar-refractivity contribution in [3.63, 3.8) is 0 Å². The maximum absolute atomic E-state index is 13.4. The Morgan fingerprint density at radius 2 is 1.76 bits per heavy atom. The summed E-state index contributed by atoms with van der Waals surface area (Å²) in [5, 5.41) is 23.2. The molecular weight excluding hydrogens is 464 g/mol. The van der Waals surface area contributed by atoms with Crippen molar-refractivity contribution < 1.29 is 19.8 Å². The molecule has 1 heterocycles. The normalized spacial score (nSPS) is 23.4. The smallest absolute Gasteiger partial charge is 0.306 e. The number of aliphatic hydroxyl groups is 1. The third-order valence-corrected chi connectivity index (χ3v) is 9.27. The highest BCUT2D eigenvalue weighted by Gasteiger charge is 2.40. The maximum atomic E-state index is 13.4. The van der Waals surface area contributed by atoms with Gasteiger partial charge < -0.3 is 20.1 Å². The van der Waals surface area contributed by atoms with Crippen molar-refractivity contribution >= 4 is 11.9 Å². The van der Waals surface area contributed by atoms with Gasteiger partial charge in [-0.1, -0.05) is 51.2 Å². The first-order valence-corrected chi connectivity index (χ1v) is 14.1. The predicted octanol–water partition coefficient (Wildman–Crippen LogP) is 5.69. The van der Waals surface area contributed by atoms with Crippen LogP contribution in [0.3, 0.4) is 0 Å². The van der Waals surface area contributed by atoms with E-state index in [0.717, 1.165) is 36.0 Å². The molecule has 1 amide bonds. The average molecular weight is 507 g/mol. The van der Waals surface area contributed by atoms with E-state index in [4.69, 9.17) is 0 Å². The van der Waals surface area contributed by atoms with Crippen molar-refractivity contribution in [2.45, 2.75) is 102 Å². The highest BCUT2D eigenvalue weighted by Crippen LogP contribution is 2.49. The second kappa shape index (κ2) is 9.61. The number of carboxylic acid groups (broad SMARTS) is 1. The molecule has 0 aliphatic heterocycles. The van der Waals surface area contributed by atoms with Crippen LogP contribution in [0.5, 0.6) is 0 Å². The maximum Gasteiger partial charge on any atom is 0.306 e. The molecule has 3 aliphatic rings. The third-order valence-electron chi connectivity index (χ3n) is 9.27. The van der Waals surface area contributed by atoms with Crippen molar-refractivity contribution in [1.82, 2.24) is 9.88 Å². The van der Waals surface area contributed by atoms with Gasteiger partial charge in [0.1, 0.15) is 5.69 Å². The SMILES string of the molecule is Cn1c(C(=O)NC2CC(C(=O)O)C2)cc(-c2cc(C(C)(C)O)cc(C3(C)CC3)c2)c1CC1CCCCC1. The molecule has 200 valence electrons. The Morgan fingerprint density at radius 1 is 1.08 bits per heavy atom. The monoisotopic (exact) mass is 506 g/mol. The number of hydrogen-bond donors (Lipinski definition) is 3. The lowest BCUT2D eigenvalue weighted by Crippen LogP contribution is -2.47. The number of nitrogens with one attached hydrogen (secondary N) is 1. The fourth-order valence-corrected chi connectivity index (χ4v) is 6.18. The van der Waals surface area contributed by atoms with Crippen molar-refractivity contribution in [2.24, 2.45) is 18.9 Å². The van der Waals surface area contributed by atoms with Crippen LogP contribution in [-0.4, -0.2) is 32.7 Å². The van der Waals surface area contributed by atoms with Gasteiger partial charge >= 0.3 is 5.97 Å². The first-order valence-electron chi connectivity index (χ1n) is 14.1. The van der Waals surface area contributed by atoms with Crippen LogP contribution in [0.1, 0.15) is 106 Å². The van der Waals surface area contributed by atoms with Crippen LogP contribution in [0, 0.1) is 11.8 Å². The summed E-state index contributed by atoms with van der Waals surface area (Å²) in [6.07, 6.45) is 10.5. The van der Waals surface area contributed by atoms with Crippen LogP contribution in [0.15, 0.2) is 24.3 Å². The van der Waals surface area contributed by atoms with Gasteiger partial charge in [-0.2, -0.15) is 0 Å². The van der Waals surface area contributed by atoms with Crippen LogP contribution in [0.2, 0.25) is 0 Å². The van der Waals surface area contributed by atoms with E-state index in [2.05, 4.69) is 35.0 Å². The first kappa shape index (κ1) is 26.0. The van der Waals surface area contributed by atoms with Crippen molar-refractivity contribution in [1.29, 1.82) is 0 Å². The van der Waals surface area contributed by atoms with Gasteiger partial charge in [-0.25, -0.2) is 0 Å². The van der Waals surface area contributed by atoms with E-state index in [1.54, 1.807) is 0 Å². The first-order chi connectivity index (χ1) is 17.4. The summed E-state index contributed by atoms with van der Waals surface area (Å²) in [5.74, 6) is -0.672. The Morgan fingerprint density at radius 3 is 2.35 bits per heavy atom. The molecule has 0 bridgehead atoms. The van der Waals surface area contributed by atoms with Gasteiger partial charge in [0.05, 0.1) is 11.5 Å². The molecule has 6 nitrogen and oxygen atoms in total. The fourth-order valence-electron chi connectivity index (χ4n) is 6.18. The molecule has 3 saturated carbocycles. The van der Waals surface area contributed by atoms with E-state index < -0.39 is 11.6 Å². The molecule has 6 heteroatoms. The zero-order valence-corrected chi connectivity index (χ0v) is 22.8. The highest BCUT2D eigenvalue weighted by atomic mass is 16.4. The molecule has 0 spiro atoms. The lowest BCUT2D eigenvalue weighted by atomic mass is 9.80. The number of rotatable bonds is 8. The minimum absolute atomic E-state index is 0.0892. The van der Waals surface area contributed by atoms with E-state index in [9.17, 15) is 19.8 Å². The molecule has 3 N–H and O–H groups in total. The minimum atomic E-state index is -0.959. The number of aliphatic carboxylic acids is 1. The predicted molar refractivity (Wildman–Crippen MR) is 145 cm³/mol. The Hall–Kier alpha value is -2.60. The van der Waals surface area contributed by atoms with E-state index >= 15 is 0 Å². The quantitative estimate of drug-likeness (QED) is 0.429. The van der Waals surface area contributed by atoms with Crippen LogP contribution >= 0.6 is 0 Å². The molecule has 1 aromatic carbocycles. The number of benzene rings is 1. The average Bonchev–Trinajstić information content (AvgIpc) is 3.50. The van der Waals surface area contributed by atoms with Crippen LogP contribution in [0.4, 0.5) is 0 Å². The van der Waals surface area contributed by atoms with Gasteiger partial charge in [-0.15, -0.1) is 0 Å². The van der Waals surface area contributed by atoms with Crippen molar-refractivity contribution in [3.8, 4) is 11.1 Å². The van der Waals surface area contributed by atoms with Gasteiger partial charge in [-0.3, -0.25) is 9.59 Å². The van der Waals surface area contributed by atoms with E-state index in [-0.39, 0.29) is 23.3 Å². The van der Waals surface area contributed by atoms with Gasteiger partial charge in [0.2, 0.25) is 0 Å². The molecule has 37 heavy (non-hydrogen) atoms. The summed E-state index contributed by atoms with van der Waals surface area (Å²) in [4.78, 5) is 24.6. The Bertz CT molecular complexity index is 1170. The summed E-state index contributed by atoms with van der Waals surface area (Å²) in [6.45, 7) is 5.96. The van der Waals surface area contributed by atoms with Gasteiger partial charge in [0.25, 0.3) is 5.91 Å². The molecular formula is C31H42N2O4. The van der Waals surface area contributed by atoms with Gasteiger partial charge in [0, 0.05) is 24.3 Å². The molecule has 2 aromatic rings. The standard InChI is InChI=1S/C31H42N2O4/c1-30(2,37)22-13-20(14-23(17-22)31(3)10-11-31)25-18-27(28(34)32-24-15-21(16-24)29(35)36)33(4)26(25)12-19-8-6-5-7-9-19/h13-14,17-19,21,24,37H,5-12,15-16H2,1-4H3,(H,32,34)(H,35,36). The highest BCUT2D eigenvalue weighted by molar-refractivity contribution is 5.95. The molecule has 5 rings (SSSR count). The summed E-state index contributed by atoms with van der Waals surface area (Å²) >= 11 is 0. The zero-order chi connectivity index (χ0) is 26.5. The number of carboxylic acids is 1. The lowest BCUT2D eigenvalue weighted by Gasteiger charge is -2.32. The zero-order valence-electron chi connectivity index (χ0n) is 22.8. The number of aromatic nitrogens is 1. The number of carbonyl (C=O) groups is 2. The van der Waals surface area contributed by atoms with Gasteiger partial charge in [0.15, 0.2) is 0 Å². The van der Waals surface area contributed by atoms with E-state index in [1.165, 1.54) is 43.4 Å². The van der Waals surface area contributed by atoms with Crippen LogP contribution < -0.4 is 5.32 Å². The molecule has 3 fully saturated rings. The fraction of sp³-hybridized carbons (Fsp3) is 0.613. The molecule has 3 aliphatic carbocycles. The lowest BCUT2D eigenvalue weighted by molar-refractivity contribution is -0.145. The number of amides is 1. The topological polar surface area (TPSA) is 91.6 Å². The Balaban J connectivity index is 1.52. The minimum Gasteiger partial charge on any atom is -0.481 e. The molecule has 0 unspecified atom stereocenters. The van der Waals surface area contributed by atoms with E-state index in [1.807, 2.05) is 27.0 Å². The third kappa shape index (κ3) is 5.36. The molecule has 0 atom stereocenters. The van der Waals surface area contributed by atoms with Crippen LogP contribution in [-0.2, 0) is 29.3 Å². The largest absolute Gasteiger partial charge is 0.481 e. The van der Waals surface area contributed by atoms with Crippen molar-refractivity contribution in [3.05, 3.63) is 46.8 Å². The Kier molecular flexibility index (Phi) is 6.76. The number of carbonyl (C=O) groups excluding carboxylic acids is 1. The van der Waals surface area contributed by atoms with Gasteiger partial charge in [-0.05, 0) is 86.1 Å². The second-order valence-electron chi connectivity index (χ2n) is 12.8. The summed E-state index contributed by atoms with van der Waals surface area (Å²) in [6, 6.07) is 8.45. The Labute approximate surface area is 220 Å². The van der Waals surface area contributed by atoms with E-state index in [0.29, 0.717) is 24.5 Å². The summed E-state index contributed by atoms with van der Waals surface area (Å²) in [7, 11) is 1.99. The molecule has 0 saturated heterocycles. The summed E-state index contributed by atoms with van der Waals surface area (Å²) < 4.78 is 2.06. The second-order valence-corrected chi connectivity index (χ2v) is 12.8. The number of nitrogens with zero attached hydrogens (tertiary/aromatic N) is 1. The van der Waals surface area contributed by atoms with Crippen LogP contribution in [0.25, 0.3) is 11.1 Å². The molecule has 1 aromatic heterocycles.